The number of hydrogen-bond acceptors (Lipinski definition) is 5. The van der Waals surface area contributed by atoms with Crippen molar-refractivity contribution in [3.05, 3.63) is 0 Å². The normalized spacial score (nSPS) is 19.8. The van der Waals surface area contributed by atoms with Crippen LogP contribution in [0.2, 0.25) is 0 Å². The van der Waals surface area contributed by atoms with Crippen molar-refractivity contribution >= 4 is 9.05 Å². The van der Waals surface area contributed by atoms with Gasteiger partial charge in [0.1, 0.15) is 0 Å². The molecule has 1 saturated heterocycles. The summed E-state index contributed by atoms with van der Waals surface area (Å²) in [6.07, 6.45) is 3.40. The van der Waals surface area contributed by atoms with E-state index in [-0.39, 0.29) is 6.29 Å². The number of hydrogen-bond donors (Lipinski definition) is 0. The first-order valence-electron chi connectivity index (χ1n) is 6.97. The summed E-state index contributed by atoms with van der Waals surface area (Å²) in [7, 11) is -3.02. The average Bonchev–Trinajstić information content (AvgIpc) is 2.35. The molecule has 0 radical (unpaired) electrons. The van der Waals surface area contributed by atoms with E-state index in [4.69, 9.17) is 22.4 Å². The van der Waals surface area contributed by atoms with Crippen LogP contribution in [0.25, 0.3) is 0 Å². The maximum atomic E-state index is 5.83. The molecule has 0 spiro atoms. The molecule has 1 aliphatic rings. The molecule has 1 fully saturated rings. The van der Waals surface area contributed by atoms with Gasteiger partial charge in [-0.2, -0.15) is 0 Å². The number of rotatable bonds is 11. The van der Waals surface area contributed by atoms with Gasteiger partial charge in [-0.3, -0.25) is 0 Å². The second-order valence-electron chi connectivity index (χ2n) is 4.25. The van der Waals surface area contributed by atoms with Crippen LogP contribution in [0.3, 0.4) is 0 Å². The molecule has 1 heterocycles. The summed E-state index contributed by atoms with van der Waals surface area (Å²) in [6, 6.07) is 0. The van der Waals surface area contributed by atoms with Crippen molar-refractivity contribution in [3.63, 3.8) is 0 Å². The van der Waals surface area contributed by atoms with Crippen molar-refractivity contribution in [2.24, 2.45) is 0 Å². The minimum Gasteiger partial charge on any atom is -0.353 e. The summed E-state index contributed by atoms with van der Waals surface area (Å²) in [5.74, 6) is 0. The van der Waals surface area contributed by atoms with E-state index in [0.29, 0.717) is 19.8 Å². The van der Waals surface area contributed by atoms with E-state index >= 15 is 0 Å². The zero-order valence-corrected chi connectivity index (χ0v) is 12.8. The Morgan fingerprint density at radius 1 is 0.944 bits per heavy atom. The van der Waals surface area contributed by atoms with Crippen molar-refractivity contribution in [1.82, 2.24) is 0 Å². The molecule has 1 unspecified atom stereocenters. The van der Waals surface area contributed by atoms with E-state index in [0.717, 1.165) is 32.3 Å². The monoisotopic (exact) mass is 278 g/mol. The van der Waals surface area contributed by atoms with Gasteiger partial charge in [0.25, 0.3) is 0 Å². The van der Waals surface area contributed by atoms with Crippen LogP contribution in [-0.2, 0) is 22.4 Å². The fourth-order valence-corrected chi connectivity index (χ4v) is 3.70. The van der Waals surface area contributed by atoms with Gasteiger partial charge in [0.05, 0.1) is 6.61 Å². The molecular formula is C12H26O5Si. The van der Waals surface area contributed by atoms with Gasteiger partial charge in [0.15, 0.2) is 6.29 Å². The minimum absolute atomic E-state index is 0.220. The summed E-state index contributed by atoms with van der Waals surface area (Å²) in [4.78, 5) is 0. The molecule has 6 heteroatoms. The highest BCUT2D eigenvalue weighted by Crippen LogP contribution is 2.22. The first-order valence-corrected chi connectivity index (χ1v) is 8.61. The van der Waals surface area contributed by atoms with Crippen LogP contribution in [0, 0.1) is 0 Å². The van der Waals surface area contributed by atoms with Crippen LogP contribution < -0.4 is 0 Å². The Morgan fingerprint density at radius 2 is 1.39 bits per heavy atom. The predicted molar refractivity (Wildman–Crippen MR) is 69.9 cm³/mol. The first-order chi connectivity index (χ1) is 8.76. The quantitative estimate of drug-likeness (QED) is 0.543. The van der Waals surface area contributed by atoms with Crippen molar-refractivity contribution < 1.29 is 22.4 Å². The largest absolute Gasteiger partial charge is 0.681 e. The lowest BCUT2D eigenvalue weighted by atomic mass is 10.4. The molecule has 1 rings (SSSR count). The van der Waals surface area contributed by atoms with Crippen LogP contribution in [0.15, 0.2) is 0 Å². The lowest BCUT2D eigenvalue weighted by Crippen LogP contribution is -2.54. The van der Waals surface area contributed by atoms with Crippen molar-refractivity contribution in [2.75, 3.05) is 26.4 Å². The highest BCUT2D eigenvalue weighted by molar-refractivity contribution is 6.53. The summed E-state index contributed by atoms with van der Waals surface area (Å²) < 4.78 is 28.5. The SMILES string of the molecule is CCCO[Si](OCCC)(OCCC)OC1CCO1. The Bertz CT molecular complexity index is 189. The van der Waals surface area contributed by atoms with Gasteiger partial charge < -0.3 is 22.4 Å². The van der Waals surface area contributed by atoms with Crippen molar-refractivity contribution in [2.45, 2.75) is 52.7 Å². The second kappa shape index (κ2) is 9.01. The summed E-state index contributed by atoms with van der Waals surface area (Å²) in [6.45, 7) is 8.67. The van der Waals surface area contributed by atoms with E-state index < -0.39 is 9.05 Å². The standard InChI is InChI=1S/C12H26O5Si/c1-4-8-14-18(15-9-5-2,16-10-6-3)17-12-7-11-13-12/h12H,4-11H2,1-3H3. The Hall–Kier alpha value is 0.0169. The van der Waals surface area contributed by atoms with E-state index in [1.807, 2.05) is 0 Å². The second-order valence-corrected chi connectivity index (χ2v) is 6.35. The minimum atomic E-state index is -3.02. The average molecular weight is 278 g/mol. The molecule has 0 aliphatic carbocycles. The van der Waals surface area contributed by atoms with Crippen LogP contribution >= 0.6 is 0 Å². The third-order valence-electron chi connectivity index (χ3n) is 2.38. The van der Waals surface area contributed by atoms with E-state index in [2.05, 4.69) is 20.8 Å². The first kappa shape index (κ1) is 16.1. The zero-order chi connectivity index (χ0) is 13.3. The van der Waals surface area contributed by atoms with Gasteiger partial charge in [0.2, 0.25) is 0 Å². The molecule has 1 aliphatic heterocycles. The van der Waals surface area contributed by atoms with Gasteiger partial charge in [-0.25, -0.2) is 0 Å². The molecule has 0 aromatic heterocycles. The van der Waals surface area contributed by atoms with Gasteiger partial charge in [-0.15, -0.1) is 0 Å². The summed E-state index contributed by atoms with van der Waals surface area (Å²) in [5, 5.41) is 0. The van der Waals surface area contributed by atoms with Crippen LogP contribution in [0.4, 0.5) is 0 Å². The fraction of sp³-hybridized carbons (Fsp3) is 1.00. The highest BCUT2D eigenvalue weighted by atomic mass is 28.4. The Kier molecular flexibility index (Phi) is 8.04. The topological polar surface area (TPSA) is 46.2 Å². The van der Waals surface area contributed by atoms with Crippen molar-refractivity contribution in [3.8, 4) is 0 Å². The third kappa shape index (κ3) is 5.34. The molecule has 0 amide bonds. The fourth-order valence-electron chi connectivity index (χ4n) is 1.38. The molecule has 5 nitrogen and oxygen atoms in total. The van der Waals surface area contributed by atoms with Crippen molar-refractivity contribution in [1.29, 1.82) is 0 Å². The summed E-state index contributed by atoms with van der Waals surface area (Å²) >= 11 is 0. The van der Waals surface area contributed by atoms with Crippen LogP contribution in [-0.4, -0.2) is 41.8 Å². The number of ether oxygens (including phenoxy) is 1. The van der Waals surface area contributed by atoms with Gasteiger partial charge >= 0.3 is 9.05 Å². The molecule has 108 valence electrons. The zero-order valence-electron chi connectivity index (χ0n) is 11.8. The third-order valence-corrected chi connectivity index (χ3v) is 4.61. The molecular weight excluding hydrogens is 252 g/mol. The molecule has 0 bridgehead atoms. The molecule has 1 atom stereocenters. The Balaban J connectivity index is 2.55. The van der Waals surface area contributed by atoms with Crippen LogP contribution in [0.1, 0.15) is 46.5 Å². The maximum Gasteiger partial charge on any atom is 0.681 e. The lowest BCUT2D eigenvalue weighted by molar-refractivity contribution is -0.210. The van der Waals surface area contributed by atoms with Gasteiger partial charge in [-0.1, -0.05) is 20.8 Å². The lowest BCUT2D eigenvalue weighted by Gasteiger charge is -2.35. The smallest absolute Gasteiger partial charge is 0.353 e. The highest BCUT2D eigenvalue weighted by Gasteiger charge is 2.49. The molecule has 18 heavy (non-hydrogen) atoms. The summed E-state index contributed by atoms with van der Waals surface area (Å²) in [5.41, 5.74) is 0. The van der Waals surface area contributed by atoms with E-state index in [9.17, 15) is 0 Å². The van der Waals surface area contributed by atoms with E-state index in [1.165, 1.54) is 0 Å². The molecule has 0 saturated carbocycles. The molecule has 0 N–H and O–H groups in total. The predicted octanol–water partition coefficient (Wildman–Crippen LogP) is 2.46. The van der Waals surface area contributed by atoms with Crippen LogP contribution in [0.5, 0.6) is 0 Å². The van der Waals surface area contributed by atoms with Gasteiger partial charge in [-0.05, 0) is 19.3 Å². The van der Waals surface area contributed by atoms with E-state index in [1.54, 1.807) is 0 Å². The van der Waals surface area contributed by atoms with Gasteiger partial charge in [0, 0.05) is 26.2 Å². The Labute approximate surface area is 111 Å². The molecule has 0 aromatic rings. The Morgan fingerprint density at radius 3 is 1.67 bits per heavy atom. The maximum absolute atomic E-state index is 5.83. The molecule has 0 aromatic carbocycles.